The van der Waals surface area contributed by atoms with Gasteiger partial charge in [-0.05, 0) is 44.2 Å². The number of carbonyl (C=O) groups excluding carboxylic acids is 2. The van der Waals surface area contributed by atoms with Crippen molar-refractivity contribution in [2.75, 3.05) is 51.8 Å². The Balaban J connectivity index is 1.51. The second-order valence-electron chi connectivity index (χ2n) is 6.66. The van der Waals surface area contributed by atoms with Gasteiger partial charge in [0.05, 0.1) is 0 Å². The maximum absolute atomic E-state index is 12.5. The monoisotopic (exact) mass is 346 g/mol. The van der Waals surface area contributed by atoms with Crippen LogP contribution in [0.1, 0.15) is 23.2 Å². The van der Waals surface area contributed by atoms with Gasteiger partial charge in [-0.1, -0.05) is 0 Å². The van der Waals surface area contributed by atoms with Crippen molar-refractivity contribution in [3.05, 3.63) is 29.8 Å². The van der Waals surface area contributed by atoms with Gasteiger partial charge in [0.25, 0.3) is 5.91 Å². The summed E-state index contributed by atoms with van der Waals surface area (Å²) in [6, 6.07) is 7.02. The van der Waals surface area contributed by atoms with Crippen LogP contribution in [0, 0.1) is 0 Å². The molecule has 2 aliphatic rings. The molecular weight excluding hydrogens is 320 g/mol. The third kappa shape index (κ3) is 4.93. The Kier molecular flexibility index (Phi) is 5.88. The largest absolute Gasteiger partial charge is 0.381 e. The molecule has 2 fully saturated rings. The molecule has 2 saturated heterocycles. The van der Waals surface area contributed by atoms with Crippen LogP contribution in [0.15, 0.2) is 24.3 Å². The zero-order valence-electron chi connectivity index (χ0n) is 14.7. The van der Waals surface area contributed by atoms with E-state index in [1.165, 1.54) is 0 Å². The molecule has 0 atom stereocenters. The molecule has 7 nitrogen and oxygen atoms in total. The van der Waals surface area contributed by atoms with Crippen LogP contribution >= 0.6 is 0 Å². The van der Waals surface area contributed by atoms with Gasteiger partial charge in [0.15, 0.2) is 0 Å². The number of ether oxygens (including phenoxy) is 1. The number of nitrogens with one attached hydrogen (secondary N) is 2. The summed E-state index contributed by atoms with van der Waals surface area (Å²) in [6.07, 6.45) is 1.68. The van der Waals surface area contributed by atoms with Crippen molar-refractivity contribution in [2.24, 2.45) is 0 Å². The van der Waals surface area contributed by atoms with E-state index in [-0.39, 0.29) is 18.0 Å². The fourth-order valence-corrected chi connectivity index (χ4v) is 3.08. The molecule has 1 aromatic rings. The predicted molar refractivity (Wildman–Crippen MR) is 95.8 cm³/mol. The molecule has 2 N–H and O–H groups in total. The van der Waals surface area contributed by atoms with E-state index in [2.05, 4.69) is 22.6 Å². The number of carbonyl (C=O) groups is 2. The van der Waals surface area contributed by atoms with Crippen LogP contribution in [0.3, 0.4) is 0 Å². The van der Waals surface area contributed by atoms with Gasteiger partial charge >= 0.3 is 6.03 Å². The molecule has 1 aromatic carbocycles. The van der Waals surface area contributed by atoms with E-state index in [0.29, 0.717) is 24.5 Å². The van der Waals surface area contributed by atoms with Gasteiger partial charge in [-0.15, -0.1) is 0 Å². The Hall–Kier alpha value is -2.12. The standard InChI is InChI=1S/C18H26N4O3/c1-21-8-10-22(11-9-21)17(23)14-2-4-15(5-3-14)19-18(24)20-16-6-12-25-13-7-16/h2-5,16H,6-13H2,1H3,(H2,19,20,24). The van der Waals surface area contributed by atoms with E-state index in [9.17, 15) is 9.59 Å². The zero-order chi connectivity index (χ0) is 17.6. The van der Waals surface area contributed by atoms with Crippen LogP contribution in [0.5, 0.6) is 0 Å². The average Bonchev–Trinajstić information content (AvgIpc) is 2.63. The molecule has 3 rings (SSSR count). The summed E-state index contributed by atoms with van der Waals surface area (Å²) in [6.45, 7) is 4.68. The number of urea groups is 1. The number of hydrogen-bond acceptors (Lipinski definition) is 4. The van der Waals surface area contributed by atoms with Gasteiger partial charge in [-0.2, -0.15) is 0 Å². The molecule has 0 aromatic heterocycles. The number of piperazine rings is 1. The zero-order valence-corrected chi connectivity index (χ0v) is 14.7. The molecule has 7 heteroatoms. The van der Waals surface area contributed by atoms with Crippen LogP contribution in [-0.2, 0) is 4.74 Å². The summed E-state index contributed by atoms with van der Waals surface area (Å²) in [7, 11) is 2.06. The van der Waals surface area contributed by atoms with Gasteiger partial charge in [-0.3, -0.25) is 4.79 Å². The average molecular weight is 346 g/mol. The molecule has 2 aliphatic heterocycles. The Labute approximate surface area is 148 Å². The van der Waals surface area contributed by atoms with Crippen LogP contribution in [0.25, 0.3) is 0 Å². The SMILES string of the molecule is CN1CCN(C(=O)c2ccc(NC(=O)NC3CCOCC3)cc2)CC1. The van der Waals surface area contributed by atoms with Crippen molar-refractivity contribution in [1.29, 1.82) is 0 Å². The summed E-state index contributed by atoms with van der Waals surface area (Å²) < 4.78 is 5.28. The lowest BCUT2D eigenvalue weighted by atomic mass is 10.1. The van der Waals surface area contributed by atoms with E-state index >= 15 is 0 Å². The van der Waals surface area contributed by atoms with Gasteiger partial charge in [0, 0.05) is 56.7 Å². The van der Waals surface area contributed by atoms with Gasteiger partial charge in [0.2, 0.25) is 0 Å². The summed E-state index contributed by atoms with van der Waals surface area (Å²) in [5, 5.41) is 5.77. The Morgan fingerprint density at radius 1 is 1.04 bits per heavy atom. The summed E-state index contributed by atoms with van der Waals surface area (Å²) in [5.74, 6) is 0.0475. The minimum absolute atomic E-state index is 0.0475. The van der Waals surface area contributed by atoms with Crippen molar-refractivity contribution in [2.45, 2.75) is 18.9 Å². The first-order valence-electron chi connectivity index (χ1n) is 8.85. The molecular formula is C18H26N4O3. The lowest BCUT2D eigenvalue weighted by Crippen LogP contribution is -2.47. The maximum atomic E-state index is 12.5. The van der Waals surface area contributed by atoms with Gasteiger partial charge in [0.1, 0.15) is 0 Å². The minimum atomic E-state index is -0.218. The molecule has 2 heterocycles. The predicted octanol–water partition coefficient (Wildman–Crippen LogP) is 1.37. The van der Waals surface area contributed by atoms with Crippen LogP contribution in [0.2, 0.25) is 0 Å². The summed E-state index contributed by atoms with van der Waals surface area (Å²) in [4.78, 5) is 28.6. The third-order valence-electron chi connectivity index (χ3n) is 4.74. The van der Waals surface area contributed by atoms with E-state index in [0.717, 1.165) is 39.0 Å². The summed E-state index contributed by atoms with van der Waals surface area (Å²) >= 11 is 0. The first-order valence-corrected chi connectivity index (χ1v) is 8.85. The van der Waals surface area contributed by atoms with Crippen molar-refractivity contribution in [3.63, 3.8) is 0 Å². The number of nitrogens with zero attached hydrogens (tertiary/aromatic N) is 2. The first-order chi connectivity index (χ1) is 12.1. The van der Waals surface area contributed by atoms with Crippen molar-refractivity contribution >= 4 is 17.6 Å². The number of rotatable bonds is 3. The van der Waals surface area contributed by atoms with E-state index in [1.54, 1.807) is 24.3 Å². The molecule has 0 radical (unpaired) electrons. The van der Waals surface area contributed by atoms with E-state index in [1.807, 2.05) is 4.90 Å². The van der Waals surface area contributed by atoms with Gasteiger partial charge < -0.3 is 25.2 Å². The summed E-state index contributed by atoms with van der Waals surface area (Å²) in [5.41, 5.74) is 1.33. The molecule has 0 saturated carbocycles. The third-order valence-corrected chi connectivity index (χ3v) is 4.74. The normalized spacial score (nSPS) is 19.5. The van der Waals surface area contributed by atoms with Crippen molar-refractivity contribution in [1.82, 2.24) is 15.1 Å². The Morgan fingerprint density at radius 2 is 1.68 bits per heavy atom. The fourth-order valence-electron chi connectivity index (χ4n) is 3.08. The molecule has 0 unspecified atom stereocenters. The first kappa shape index (κ1) is 17.7. The maximum Gasteiger partial charge on any atom is 0.319 e. The number of hydrogen-bond donors (Lipinski definition) is 2. The highest BCUT2D eigenvalue weighted by atomic mass is 16.5. The molecule has 136 valence electrons. The van der Waals surface area contributed by atoms with E-state index in [4.69, 9.17) is 4.74 Å². The number of anilines is 1. The van der Waals surface area contributed by atoms with Crippen LogP contribution < -0.4 is 10.6 Å². The second kappa shape index (κ2) is 8.31. The number of benzene rings is 1. The smallest absolute Gasteiger partial charge is 0.319 e. The number of likely N-dealkylation sites (N-methyl/N-ethyl adjacent to an activating group) is 1. The lowest BCUT2D eigenvalue weighted by Gasteiger charge is -2.32. The highest BCUT2D eigenvalue weighted by Crippen LogP contribution is 2.13. The lowest BCUT2D eigenvalue weighted by molar-refractivity contribution is 0.0664. The van der Waals surface area contributed by atoms with Crippen molar-refractivity contribution < 1.29 is 14.3 Å². The van der Waals surface area contributed by atoms with Crippen LogP contribution in [0.4, 0.5) is 10.5 Å². The number of amides is 3. The Morgan fingerprint density at radius 3 is 2.32 bits per heavy atom. The second-order valence-corrected chi connectivity index (χ2v) is 6.66. The highest BCUT2D eigenvalue weighted by molar-refractivity contribution is 5.95. The molecule has 0 bridgehead atoms. The molecule has 0 spiro atoms. The molecule has 3 amide bonds. The molecule has 0 aliphatic carbocycles. The van der Waals surface area contributed by atoms with E-state index < -0.39 is 0 Å². The quantitative estimate of drug-likeness (QED) is 0.867. The van der Waals surface area contributed by atoms with Crippen molar-refractivity contribution in [3.8, 4) is 0 Å². The fraction of sp³-hybridized carbons (Fsp3) is 0.556. The highest BCUT2D eigenvalue weighted by Gasteiger charge is 2.20. The minimum Gasteiger partial charge on any atom is -0.381 e. The molecule has 25 heavy (non-hydrogen) atoms. The van der Waals surface area contributed by atoms with Gasteiger partial charge in [-0.25, -0.2) is 4.79 Å². The van der Waals surface area contributed by atoms with Crippen LogP contribution in [-0.4, -0.2) is 74.2 Å². The topological polar surface area (TPSA) is 73.9 Å². The Bertz CT molecular complexity index is 591.